The Morgan fingerprint density at radius 3 is 2.47 bits per heavy atom. The molecule has 2 aromatic rings. The Hall–Kier alpha value is -1.32. The van der Waals surface area contributed by atoms with Gasteiger partial charge in [0.25, 0.3) is 0 Å². The Labute approximate surface area is 122 Å². The van der Waals surface area contributed by atoms with Gasteiger partial charge in [0.2, 0.25) is 11.2 Å². The van der Waals surface area contributed by atoms with Gasteiger partial charge in [0.05, 0.1) is 6.20 Å². The molecular weight excluding hydrogens is 283 g/mol. The summed E-state index contributed by atoms with van der Waals surface area (Å²) in [5.41, 5.74) is 1.03. The molecule has 19 heavy (non-hydrogen) atoms. The van der Waals surface area contributed by atoms with Crippen LogP contribution >= 0.6 is 23.2 Å². The lowest BCUT2D eigenvalue weighted by Crippen LogP contribution is -2.12. The van der Waals surface area contributed by atoms with Crippen LogP contribution in [-0.4, -0.2) is 9.97 Å². The molecule has 0 aliphatic rings. The molecule has 100 valence electrons. The van der Waals surface area contributed by atoms with E-state index in [4.69, 9.17) is 27.9 Å². The highest BCUT2D eigenvalue weighted by molar-refractivity contribution is 6.32. The zero-order valence-corrected chi connectivity index (χ0v) is 12.5. The summed E-state index contributed by atoms with van der Waals surface area (Å²) < 4.78 is 5.78. The molecule has 0 atom stereocenters. The van der Waals surface area contributed by atoms with Crippen molar-refractivity contribution in [2.45, 2.75) is 26.2 Å². The fourth-order valence-electron chi connectivity index (χ4n) is 1.68. The number of rotatable bonds is 2. The number of hydrogen-bond acceptors (Lipinski definition) is 3. The maximum absolute atomic E-state index is 6.00. The molecule has 5 heteroatoms. The highest BCUT2D eigenvalue weighted by Gasteiger charge is 2.19. The molecule has 0 N–H and O–H groups in total. The van der Waals surface area contributed by atoms with Gasteiger partial charge in [-0.2, -0.15) is 4.98 Å². The summed E-state index contributed by atoms with van der Waals surface area (Å²) in [6, 6.07) is 7.78. The fraction of sp³-hybridized carbons (Fsp3) is 0.286. The van der Waals surface area contributed by atoms with Crippen molar-refractivity contribution in [1.29, 1.82) is 0 Å². The van der Waals surface area contributed by atoms with Crippen LogP contribution in [0.15, 0.2) is 30.5 Å². The summed E-state index contributed by atoms with van der Waals surface area (Å²) >= 11 is 11.8. The van der Waals surface area contributed by atoms with E-state index >= 15 is 0 Å². The monoisotopic (exact) mass is 296 g/mol. The van der Waals surface area contributed by atoms with E-state index in [0.717, 1.165) is 5.56 Å². The zero-order valence-electron chi connectivity index (χ0n) is 10.9. The van der Waals surface area contributed by atoms with E-state index in [1.165, 1.54) is 6.20 Å². The Bertz CT molecular complexity index is 594. The number of halogens is 2. The minimum Gasteiger partial charge on any atom is -0.437 e. The molecule has 0 saturated heterocycles. The van der Waals surface area contributed by atoms with Crippen LogP contribution in [0.1, 0.15) is 26.3 Å². The third-order valence-corrected chi connectivity index (χ3v) is 3.03. The quantitative estimate of drug-likeness (QED) is 0.741. The lowest BCUT2D eigenvalue weighted by Gasteiger charge is -2.22. The second kappa shape index (κ2) is 5.35. The molecule has 0 bridgehead atoms. The summed E-state index contributed by atoms with van der Waals surface area (Å²) in [7, 11) is 0. The minimum absolute atomic E-state index is 0.0418. The topological polar surface area (TPSA) is 35.0 Å². The Morgan fingerprint density at radius 2 is 1.79 bits per heavy atom. The normalized spacial score (nSPS) is 11.4. The van der Waals surface area contributed by atoms with Gasteiger partial charge in [-0.25, -0.2) is 4.98 Å². The molecule has 3 nitrogen and oxygen atoms in total. The molecule has 0 aliphatic heterocycles. The summed E-state index contributed by atoms with van der Waals surface area (Å²) in [5.74, 6) is 0.977. The first-order valence-electron chi connectivity index (χ1n) is 5.83. The molecule has 1 aromatic heterocycles. The first-order chi connectivity index (χ1) is 8.88. The number of ether oxygens (including phenoxy) is 1. The van der Waals surface area contributed by atoms with Crippen molar-refractivity contribution in [2.24, 2.45) is 0 Å². The number of nitrogens with zero attached hydrogens (tertiary/aromatic N) is 2. The number of para-hydroxylation sites is 1. The second-order valence-corrected chi connectivity index (χ2v) is 5.89. The van der Waals surface area contributed by atoms with Gasteiger partial charge in [-0.05, 0) is 23.1 Å². The van der Waals surface area contributed by atoms with Crippen LogP contribution in [0, 0.1) is 0 Å². The van der Waals surface area contributed by atoms with Gasteiger partial charge in [0.15, 0.2) is 0 Å². The molecule has 1 heterocycles. The summed E-state index contributed by atoms with van der Waals surface area (Å²) in [5, 5.41) is 0.431. The van der Waals surface area contributed by atoms with Gasteiger partial charge in [0.1, 0.15) is 10.8 Å². The van der Waals surface area contributed by atoms with Crippen LogP contribution in [0.2, 0.25) is 10.3 Å². The fourth-order valence-corrected chi connectivity index (χ4v) is 1.94. The van der Waals surface area contributed by atoms with Crippen LogP contribution < -0.4 is 4.74 Å². The Kier molecular flexibility index (Phi) is 3.97. The van der Waals surface area contributed by atoms with E-state index in [2.05, 4.69) is 30.7 Å². The van der Waals surface area contributed by atoms with Crippen molar-refractivity contribution in [2.75, 3.05) is 0 Å². The van der Waals surface area contributed by atoms with E-state index in [9.17, 15) is 0 Å². The number of hydrogen-bond donors (Lipinski definition) is 0. The van der Waals surface area contributed by atoms with Gasteiger partial charge in [-0.1, -0.05) is 50.6 Å². The van der Waals surface area contributed by atoms with Crippen molar-refractivity contribution < 1.29 is 4.74 Å². The predicted octanol–water partition coefficient (Wildman–Crippen LogP) is 4.87. The molecule has 0 aliphatic carbocycles. The molecule has 0 saturated carbocycles. The van der Waals surface area contributed by atoms with Gasteiger partial charge in [-0.15, -0.1) is 0 Å². The van der Waals surface area contributed by atoms with Crippen LogP contribution in [0.4, 0.5) is 0 Å². The van der Waals surface area contributed by atoms with Crippen molar-refractivity contribution >= 4 is 23.2 Å². The molecule has 1 aromatic carbocycles. The highest BCUT2D eigenvalue weighted by Crippen LogP contribution is 2.35. The van der Waals surface area contributed by atoms with Gasteiger partial charge in [-0.3, -0.25) is 0 Å². The van der Waals surface area contributed by atoms with Crippen LogP contribution in [0.25, 0.3) is 0 Å². The van der Waals surface area contributed by atoms with Gasteiger partial charge in [0, 0.05) is 5.56 Å². The first-order valence-corrected chi connectivity index (χ1v) is 6.59. The van der Waals surface area contributed by atoms with E-state index in [1.54, 1.807) is 0 Å². The Balaban J connectivity index is 2.41. The second-order valence-electron chi connectivity index (χ2n) is 5.14. The van der Waals surface area contributed by atoms with Crippen molar-refractivity contribution in [3.8, 4) is 11.6 Å². The van der Waals surface area contributed by atoms with Crippen molar-refractivity contribution in [3.05, 3.63) is 46.3 Å². The molecule has 0 unspecified atom stereocenters. The smallest absolute Gasteiger partial charge is 0.242 e. The third kappa shape index (κ3) is 3.37. The zero-order chi connectivity index (χ0) is 14.0. The van der Waals surface area contributed by atoms with Crippen molar-refractivity contribution in [3.63, 3.8) is 0 Å². The summed E-state index contributed by atoms with van der Waals surface area (Å²) in [6.45, 7) is 6.34. The highest BCUT2D eigenvalue weighted by atomic mass is 35.5. The SMILES string of the molecule is CC(C)(C)c1ccccc1Oc1nc(Cl)ncc1Cl. The molecule has 2 rings (SSSR count). The van der Waals surface area contributed by atoms with E-state index < -0.39 is 0 Å². The molecule has 0 radical (unpaired) electrons. The molecular formula is C14H14Cl2N2O. The average Bonchev–Trinajstić information content (AvgIpc) is 2.33. The van der Waals surface area contributed by atoms with E-state index in [0.29, 0.717) is 10.8 Å². The Morgan fingerprint density at radius 1 is 1.11 bits per heavy atom. The standard InChI is InChI=1S/C14H14Cl2N2O/c1-14(2,3)9-6-4-5-7-11(9)19-12-10(15)8-17-13(16)18-12/h4-8H,1-3H3. The summed E-state index contributed by atoms with van der Waals surface area (Å²) in [4.78, 5) is 7.79. The first kappa shape index (κ1) is 14.1. The van der Waals surface area contributed by atoms with E-state index in [1.807, 2.05) is 24.3 Å². The predicted molar refractivity (Wildman–Crippen MR) is 77.3 cm³/mol. The summed E-state index contributed by atoms with van der Waals surface area (Å²) in [6.07, 6.45) is 1.42. The maximum Gasteiger partial charge on any atom is 0.242 e. The van der Waals surface area contributed by atoms with Crippen LogP contribution in [0.5, 0.6) is 11.6 Å². The van der Waals surface area contributed by atoms with Crippen LogP contribution in [-0.2, 0) is 5.41 Å². The van der Waals surface area contributed by atoms with Crippen LogP contribution in [0.3, 0.4) is 0 Å². The van der Waals surface area contributed by atoms with Gasteiger partial charge < -0.3 is 4.74 Å². The third-order valence-electron chi connectivity index (χ3n) is 2.58. The van der Waals surface area contributed by atoms with E-state index in [-0.39, 0.29) is 16.6 Å². The minimum atomic E-state index is -0.0418. The largest absolute Gasteiger partial charge is 0.437 e. The maximum atomic E-state index is 6.00. The van der Waals surface area contributed by atoms with Crippen molar-refractivity contribution in [1.82, 2.24) is 9.97 Å². The molecule has 0 fully saturated rings. The molecule has 0 amide bonds. The lowest BCUT2D eigenvalue weighted by atomic mass is 9.86. The number of benzene rings is 1. The molecule has 0 spiro atoms. The van der Waals surface area contributed by atoms with Gasteiger partial charge >= 0.3 is 0 Å². The lowest BCUT2D eigenvalue weighted by molar-refractivity contribution is 0.439. The number of aromatic nitrogens is 2. The average molecular weight is 297 g/mol.